The lowest BCUT2D eigenvalue weighted by molar-refractivity contribution is 1.19. The topological polar surface area (TPSA) is 38.9 Å². The quantitative estimate of drug-likeness (QED) is 0.816. The minimum absolute atomic E-state index is 0.624. The van der Waals surface area contributed by atoms with Crippen molar-refractivity contribution in [1.82, 2.24) is 4.37 Å². The summed E-state index contributed by atoms with van der Waals surface area (Å²) in [6.07, 6.45) is 0.932. The van der Waals surface area contributed by atoms with Crippen molar-refractivity contribution in [2.45, 2.75) is 13.3 Å². The van der Waals surface area contributed by atoms with Gasteiger partial charge in [-0.3, -0.25) is 0 Å². The third-order valence-electron chi connectivity index (χ3n) is 2.20. The van der Waals surface area contributed by atoms with E-state index in [0.717, 1.165) is 6.42 Å². The Kier molecular flexibility index (Phi) is 2.50. The molecule has 0 unspecified atom stereocenters. The number of nitrogens with two attached hydrogens (primary N) is 1. The number of aryl methyl sites for hydroxylation is 1. The van der Waals surface area contributed by atoms with Gasteiger partial charge in [-0.2, -0.15) is 4.37 Å². The van der Waals surface area contributed by atoms with E-state index in [1.807, 2.05) is 6.07 Å². The number of aromatic nitrogens is 1. The van der Waals surface area contributed by atoms with Crippen LogP contribution in [0, 0.1) is 6.92 Å². The summed E-state index contributed by atoms with van der Waals surface area (Å²) < 4.78 is 4.06. The first kappa shape index (κ1) is 9.21. The van der Waals surface area contributed by atoms with Crippen LogP contribution in [0.25, 0.3) is 0 Å². The van der Waals surface area contributed by atoms with Crippen LogP contribution < -0.4 is 5.73 Å². The number of hydrogen-bond donors (Lipinski definition) is 1. The van der Waals surface area contributed by atoms with E-state index < -0.39 is 0 Å². The van der Waals surface area contributed by atoms with E-state index in [0.29, 0.717) is 5.82 Å². The largest absolute Gasteiger partial charge is 0.383 e. The highest BCUT2D eigenvalue weighted by Gasteiger charge is 2.02. The van der Waals surface area contributed by atoms with Crippen molar-refractivity contribution in [3.8, 4) is 0 Å². The first-order valence-corrected chi connectivity index (χ1v) is 5.28. The molecule has 0 atom stereocenters. The summed E-state index contributed by atoms with van der Waals surface area (Å²) in [5.41, 5.74) is 8.23. The number of anilines is 1. The minimum atomic E-state index is 0.624. The van der Waals surface area contributed by atoms with Crippen LogP contribution in [0.1, 0.15) is 16.0 Å². The molecule has 1 aromatic carbocycles. The van der Waals surface area contributed by atoms with Gasteiger partial charge < -0.3 is 5.73 Å². The third-order valence-corrected chi connectivity index (χ3v) is 3.00. The van der Waals surface area contributed by atoms with Gasteiger partial charge in [0.05, 0.1) is 0 Å². The number of nitrogens with zero attached hydrogens (tertiary/aromatic N) is 1. The normalized spacial score (nSPS) is 10.4. The fourth-order valence-corrected chi connectivity index (χ4v) is 2.08. The Hall–Kier alpha value is -1.35. The van der Waals surface area contributed by atoms with Gasteiger partial charge in [0.1, 0.15) is 5.82 Å². The second-order valence-electron chi connectivity index (χ2n) is 3.32. The van der Waals surface area contributed by atoms with Crippen molar-refractivity contribution in [3.63, 3.8) is 0 Å². The molecule has 0 saturated carbocycles. The molecule has 72 valence electrons. The average molecular weight is 204 g/mol. The Balaban J connectivity index is 2.23. The van der Waals surface area contributed by atoms with Crippen LogP contribution in [0.4, 0.5) is 5.82 Å². The highest BCUT2D eigenvalue weighted by Crippen LogP contribution is 2.18. The molecule has 0 spiro atoms. The van der Waals surface area contributed by atoms with Gasteiger partial charge >= 0.3 is 0 Å². The van der Waals surface area contributed by atoms with Crippen LogP contribution in [-0.4, -0.2) is 4.37 Å². The van der Waals surface area contributed by atoms with Gasteiger partial charge in [-0.1, -0.05) is 24.3 Å². The van der Waals surface area contributed by atoms with Crippen LogP contribution >= 0.6 is 11.5 Å². The monoisotopic (exact) mass is 204 g/mol. The lowest BCUT2D eigenvalue weighted by Crippen LogP contribution is -1.88. The zero-order valence-corrected chi connectivity index (χ0v) is 8.84. The molecule has 14 heavy (non-hydrogen) atoms. The summed E-state index contributed by atoms with van der Waals surface area (Å²) in [5, 5.41) is 0. The van der Waals surface area contributed by atoms with E-state index in [1.54, 1.807) is 0 Å². The second-order valence-corrected chi connectivity index (χ2v) is 4.21. The van der Waals surface area contributed by atoms with Crippen LogP contribution in [0.5, 0.6) is 0 Å². The molecule has 0 amide bonds. The van der Waals surface area contributed by atoms with Crippen molar-refractivity contribution in [2.75, 3.05) is 5.73 Å². The summed E-state index contributed by atoms with van der Waals surface area (Å²) in [6.45, 7) is 2.12. The van der Waals surface area contributed by atoms with Crippen LogP contribution in [0.3, 0.4) is 0 Å². The summed E-state index contributed by atoms with van der Waals surface area (Å²) in [4.78, 5) is 1.22. The molecule has 0 aliphatic heterocycles. The predicted molar refractivity (Wildman–Crippen MR) is 60.5 cm³/mol. The summed E-state index contributed by atoms with van der Waals surface area (Å²) >= 11 is 1.48. The molecule has 1 aromatic heterocycles. The van der Waals surface area contributed by atoms with Crippen molar-refractivity contribution < 1.29 is 0 Å². The predicted octanol–water partition coefficient (Wildman–Crippen LogP) is 2.62. The lowest BCUT2D eigenvalue weighted by Gasteiger charge is -2.01. The number of benzene rings is 1. The molecule has 2 aromatic rings. The highest BCUT2D eigenvalue weighted by atomic mass is 32.1. The van der Waals surface area contributed by atoms with Crippen LogP contribution in [0.15, 0.2) is 30.3 Å². The van der Waals surface area contributed by atoms with Crippen molar-refractivity contribution in [3.05, 3.63) is 46.3 Å². The van der Waals surface area contributed by atoms with Crippen molar-refractivity contribution in [2.24, 2.45) is 0 Å². The number of hydrogen-bond acceptors (Lipinski definition) is 3. The third kappa shape index (κ3) is 1.93. The van der Waals surface area contributed by atoms with Crippen LogP contribution in [0.2, 0.25) is 0 Å². The summed E-state index contributed by atoms with van der Waals surface area (Å²) in [6, 6.07) is 10.3. The van der Waals surface area contributed by atoms with E-state index >= 15 is 0 Å². The highest BCUT2D eigenvalue weighted by molar-refractivity contribution is 7.06. The minimum Gasteiger partial charge on any atom is -0.383 e. The van der Waals surface area contributed by atoms with Gasteiger partial charge in [-0.25, -0.2) is 0 Å². The Morgan fingerprint density at radius 1 is 1.36 bits per heavy atom. The maximum atomic E-state index is 5.57. The zero-order valence-electron chi connectivity index (χ0n) is 8.03. The van der Waals surface area contributed by atoms with E-state index in [9.17, 15) is 0 Å². The first-order chi connectivity index (χ1) is 6.75. The van der Waals surface area contributed by atoms with Gasteiger partial charge in [0.15, 0.2) is 0 Å². The molecule has 2 N–H and O–H groups in total. The fraction of sp³-hybridized carbons (Fsp3) is 0.182. The molecule has 0 aliphatic rings. The van der Waals surface area contributed by atoms with Gasteiger partial charge in [0, 0.05) is 11.3 Å². The molecule has 0 aliphatic carbocycles. The smallest absolute Gasteiger partial charge is 0.137 e. The maximum absolute atomic E-state index is 5.57. The van der Waals surface area contributed by atoms with E-state index in [4.69, 9.17) is 5.73 Å². The molecule has 2 rings (SSSR count). The van der Waals surface area contributed by atoms with Crippen molar-refractivity contribution in [1.29, 1.82) is 0 Å². The molecule has 0 bridgehead atoms. The fourth-order valence-electron chi connectivity index (χ4n) is 1.41. The molecule has 0 saturated heterocycles. The molecule has 2 nitrogen and oxygen atoms in total. The molecule has 1 heterocycles. The Morgan fingerprint density at radius 2 is 2.14 bits per heavy atom. The van der Waals surface area contributed by atoms with E-state index in [1.165, 1.54) is 27.5 Å². The van der Waals surface area contributed by atoms with Gasteiger partial charge in [0.25, 0.3) is 0 Å². The average Bonchev–Trinajstić information content (AvgIpc) is 2.56. The van der Waals surface area contributed by atoms with E-state index in [2.05, 4.69) is 35.6 Å². The Labute approximate surface area is 87.6 Å². The lowest BCUT2D eigenvalue weighted by atomic mass is 10.1. The Morgan fingerprint density at radius 3 is 2.79 bits per heavy atom. The Bertz CT molecular complexity index is 434. The number of nitrogen functional groups attached to an aromatic ring is 1. The van der Waals surface area contributed by atoms with Gasteiger partial charge in [0.2, 0.25) is 0 Å². The van der Waals surface area contributed by atoms with Crippen LogP contribution in [-0.2, 0) is 6.42 Å². The summed E-state index contributed by atoms with van der Waals surface area (Å²) in [5.74, 6) is 0.624. The maximum Gasteiger partial charge on any atom is 0.137 e. The zero-order chi connectivity index (χ0) is 9.97. The van der Waals surface area contributed by atoms with Crippen molar-refractivity contribution >= 4 is 17.4 Å². The first-order valence-electron chi connectivity index (χ1n) is 4.51. The standard InChI is InChI=1S/C11H12N2S/c1-8-4-2-3-5-9(8)6-10-7-11(12)13-14-10/h2-5,7H,6H2,1H3,(H2,12,13). The van der Waals surface area contributed by atoms with Gasteiger partial charge in [-0.15, -0.1) is 0 Å². The molecular weight excluding hydrogens is 192 g/mol. The van der Waals surface area contributed by atoms with Gasteiger partial charge in [-0.05, 0) is 35.6 Å². The second kappa shape index (κ2) is 3.80. The molecule has 3 heteroatoms. The number of rotatable bonds is 2. The summed E-state index contributed by atoms with van der Waals surface area (Å²) in [7, 11) is 0. The molecule has 0 radical (unpaired) electrons. The van der Waals surface area contributed by atoms with E-state index in [-0.39, 0.29) is 0 Å². The SMILES string of the molecule is Cc1ccccc1Cc1cc(N)ns1. The molecule has 0 fully saturated rings. The molecular formula is C11H12N2S.